The van der Waals surface area contributed by atoms with Crippen molar-refractivity contribution in [2.75, 3.05) is 30.1 Å². The number of methoxy groups -OCH3 is 1. The quantitative estimate of drug-likeness (QED) is 0.0836. The largest absolute Gasteiger partial charge is 0.493 e. The molecule has 1 aliphatic rings. The number of aryl methyl sites for hydroxylation is 1. The summed E-state index contributed by atoms with van der Waals surface area (Å²) in [7, 11) is 1.56. The van der Waals surface area contributed by atoms with Crippen LogP contribution in [-0.4, -0.2) is 41.4 Å². The maximum Gasteiger partial charge on any atom is 0.240 e. The molecule has 0 spiro atoms. The minimum atomic E-state index is -1.19. The zero-order chi connectivity index (χ0) is 34.8. The summed E-state index contributed by atoms with van der Waals surface area (Å²) in [6.45, 7) is 4.09. The first-order valence-corrected chi connectivity index (χ1v) is 17.6. The molecule has 258 valence electrons. The number of aromatic nitrogens is 1. The number of carbonyl (C=O) groups excluding carboxylic acids is 3. The lowest BCUT2D eigenvalue weighted by atomic mass is 10.0. The third-order valence-corrected chi connectivity index (χ3v) is 9.33. The number of hydrogen-bond donors (Lipinski definition) is 2. The van der Waals surface area contributed by atoms with Crippen molar-refractivity contribution in [3.05, 3.63) is 78.2 Å². The summed E-state index contributed by atoms with van der Waals surface area (Å²) in [5.74, 6) is 0.747. The summed E-state index contributed by atoms with van der Waals surface area (Å²) < 4.78 is 32.9. The molecule has 2 N–H and O–H groups in total. The molecule has 9 nitrogen and oxygen atoms in total. The van der Waals surface area contributed by atoms with Gasteiger partial charge in [0.15, 0.2) is 28.2 Å². The number of amides is 2. The van der Waals surface area contributed by atoms with Crippen molar-refractivity contribution < 1.29 is 33.0 Å². The molecular formula is C38H42FN3O6S. The van der Waals surface area contributed by atoms with Crippen molar-refractivity contribution >= 4 is 51.0 Å². The lowest BCUT2D eigenvalue weighted by Crippen LogP contribution is -2.35. The molecule has 0 atom stereocenters. The Bertz CT molecular complexity index is 1790. The molecular weight excluding hydrogens is 645 g/mol. The van der Waals surface area contributed by atoms with Crippen LogP contribution in [0.25, 0.3) is 10.9 Å². The Morgan fingerprint density at radius 1 is 0.816 bits per heavy atom. The van der Waals surface area contributed by atoms with Crippen LogP contribution in [0.2, 0.25) is 0 Å². The second kappa shape index (κ2) is 16.6. The second-order valence-electron chi connectivity index (χ2n) is 12.2. The summed E-state index contributed by atoms with van der Waals surface area (Å²) in [6, 6.07) is 16.7. The highest BCUT2D eigenvalue weighted by Crippen LogP contribution is 2.47. The van der Waals surface area contributed by atoms with E-state index in [0.717, 1.165) is 49.8 Å². The summed E-state index contributed by atoms with van der Waals surface area (Å²) in [5, 5.41) is 6.30. The lowest BCUT2D eigenvalue weighted by molar-refractivity contribution is -0.131. The number of carbonyl (C=O) groups is 3. The van der Waals surface area contributed by atoms with Gasteiger partial charge in [0.1, 0.15) is 11.2 Å². The van der Waals surface area contributed by atoms with Crippen molar-refractivity contribution in [1.29, 1.82) is 0 Å². The minimum Gasteiger partial charge on any atom is -0.493 e. The fourth-order valence-electron chi connectivity index (χ4n) is 5.40. The molecule has 0 radical (unpaired) electrons. The molecule has 5 rings (SSSR count). The number of nitrogens with zero attached hydrogens (tertiary/aromatic N) is 1. The van der Waals surface area contributed by atoms with Gasteiger partial charge in [-0.25, -0.2) is 4.39 Å². The third-order valence-electron chi connectivity index (χ3n) is 8.43. The molecule has 0 bridgehead atoms. The molecule has 1 heterocycles. The number of rotatable bonds is 17. The van der Waals surface area contributed by atoms with Crippen LogP contribution in [0.3, 0.4) is 0 Å². The van der Waals surface area contributed by atoms with Gasteiger partial charge in [-0.05, 0) is 69.0 Å². The van der Waals surface area contributed by atoms with E-state index in [4.69, 9.17) is 14.2 Å². The van der Waals surface area contributed by atoms with Crippen LogP contribution in [0.4, 0.5) is 15.8 Å². The number of hydrogen-bond acceptors (Lipinski definition) is 8. The van der Waals surface area contributed by atoms with Crippen LogP contribution in [0.5, 0.6) is 23.0 Å². The Hall–Kier alpha value is -4.64. The SMILES string of the molecule is COc1cc2c(Oc3ccc(NC(=O)C4(C(=O)Nc5ccc(C)cc5)CC4)cc3F)ccnc2cc1OCCCCCCCCSC(C)=O. The van der Waals surface area contributed by atoms with E-state index in [0.29, 0.717) is 53.3 Å². The van der Waals surface area contributed by atoms with Gasteiger partial charge in [-0.1, -0.05) is 55.1 Å². The second-order valence-corrected chi connectivity index (χ2v) is 13.5. The van der Waals surface area contributed by atoms with Crippen LogP contribution in [0, 0.1) is 18.2 Å². The average molecular weight is 688 g/mol. The van der Waals surface area contributed by atoms with Gasteiger partial charge in [0.2, 0.25) is 11.8 Å². The highest BCUT2D eigenvalue weighted by Gasteiger charge is 2.56. The van der Waals surface area contributed by atoms with E-state index in [9.17, 15) is 14.4 Å². The highest BCUT2D eigenvalue weighted by molar-refractivity contribution is 8.13. The average Bonchev–Trinajstić information content (AvgIpc) is 3.90. The molecule has 1 fully saturated rings. The fourth-order valence-corrected chi connectivity index (χ4v) is 6.04. The zero-order valence-electron chi connectivity index (χ0n) is 28.1. The van der Waals surface area contributed by atoms with Crippen LogP contribution >= 0.6 is 11.8 Å². The van der Waals surface area contributed by atoms with Crippen molar-refractivity contribution in [3.8, 4) is 23.0 Å². The number of halogens is 1. The van der Waals surface area contributed by atoms with Gasteiger partial charge in [0.05, 0.1) is 19.2 Å². The van der Waals surface area contributed by atoms with Gasteiger partial charge in [-0.2, -0.15) is 0 Å². The number of anilines is 2. The maximum atomic E-state index is 15.3. The normalized spacial score (nSPS) is 13.1. The number of pyridine rings is 1. The first-order valence-electron chi connectivity index (χ1n) is 16.6. The van der Waals surface area contributed by atoms with Crippen LogP contribution in [0.1, 0.15) is 63.9 Å². The van der Waals surface area contributed by atoms with E-state index in [1.807, 2.05) is 19.1 Å². The number of benzene rings is 3. The van der Waals surface area contributed by atoms with Crippen LogP contribution < -0.4 is 24.8 Å². The van der Waals surface area contributed by atoms with E-state index in [1.54, 1.807) is 50.6 Å². The predicted octanol–water partition coefficient (Wildman–Crippen LogP) is 8.84. The van der Waals surface area contributed by atoms with Gasteiger partial charge in [-0.3, -0.25) is 19.4 Å². The molecule has 49 heavy (non-hydrogen) atoms. The Morgan fingerprint density at radius 3 is 2.16 bits per heavy atom. The third kappa shape index (κ3) is 9.50. The smallest absolute Gasteiger partial charge is 0.240 e. The molecule has 2 amide bonds. The van der Waals surface area contributed by atoms with E-state index in [1.165, 1.54) is 30.0 Å². The molecule has 1 aliphatic carbocycles. The minimum absolute atomic E-state index is 0.0411. The van der Waals surface area contributed by atoms with Crippen molar-refractivity contribution in [1.82, 2.24) is 4.98 Å². The van der Waals surface area contributed by atoms with Gasteiger partial charge < -0.3 is 24.8 Å². The summed E-state index contributed by atoms with van der Waals surface area (Å²) >= 11 is 1.39. The van der Waals surface area contributed by atoms with Crippen molar-refractivity contribution in [2.45, 2.75) is 65.2 Å². The topological polar surface area (TPSA) is 116 Å². The Labute approximate surface area is 290 Å². The number of nitrogens with one attached hydrogen (secondary N) is 2. The molecule has 0 unspecified atom stereocenters. The number of thioether (sulfide) groups is 1. The zero-order valence-corrected chi connectivity index (χ0v) is 28.9. The fraction of sp³-hybridized carbons (Fsp3) is 0.368. The van der Waals surface area contributed by atoms with Gasteiger partial charge >= 0.3 is 0 Å². The first kappa shape index (κ1) is 35.7. The number of ether oxygens (including phenoxy) is 3. The molecule has 0 saturated heterocycles. The van der Waals surface area contributed by atoms with Gasteiger partial charge in [0, 0.05) is 47.8 Å². The van der Waals surface area contributed by atoms with E-state index < -0.39 is 17.1 Å². The van der Waals surface area contributed by atoms with E-state index >= 15 is 4.39 Å². The van der Waals surface area contributed by atoms with Gasteiger partial charge in [0.25, 0.3) is 0 Å². The first-order chi connectivity index (χ1) is 23.7. The van der Waals surface area contributed by atoms with Crippen LogP contribution in [-0.2, 0) is 14.4 Å². The monoisotopic (exact) mass is 687 g/mol. The Balaban J connectivity index is 1.16. The molecule has 1 saturated carbocycles. The maximum absolute atomic E-state index is 15.3. The van der Waals surface area contributed by atoms with Crippen molar-refractivity contribution in [3.63, 3.8) is 0 Å². The molecule has 0 aliphatic heterocycles. The molecule has 11 heteroatoms. The summed E-state index contributed by atoms with van der Waals surface area (Å²) in [4.78, 5) is 41.5. The summed E-state index contributed by atoms with van der Waals surface area (Å²) in [6.07, 6.45) is 8.77. The number of fused-ring (bicyclic) bond motifs is 1. The Morgan fingerprint density at radius 2 is 1.49 bits per heavy atom. The lowest BCUT2D eigenvalue weighted by Gasteiger charge is -2.16. The van der Waals surface area contributed by atoms with Crippen molar-refractivity contribution in [2.24, 2.45) is 5.41 Å². The number of unbranched alkanes of at least 4 members (excludes halogenated alkanes) is 5. The van der Waals surface area contributed by atoms with Gasteiger partial charge in [-0.15, -0.1) is 0 Å². The molecule has 1 aromatic heterocycles. The summed E-state index contributed by atoms with van der Waals surface area (Å²) in [5.41, 5.74) is 1.30. The molecule has 3 aromatic carbocycles. The van der Waals surface area contributed by atoms with E-state index in [-0.39, 0.29) is 22.5 Å². The highest BCUT2D eigenvalue weighted by atomic mass is 32.2. The standard InChI is InChI=1S/C38H42FN3O6S/c1-25-10-12-27(13-11-25)41-36(44)38(17-18-38)37(45)42-28-14-15-33(30(39)22-28)48-32-16-19-40-31-24-35(34(46-3)23-29(31)32)47-20-8-6-4-5-7-9-21-49-26(2)43/h10-16,19,22-24H,4-9,17-18,20-21H2,1-3H3,(H,41,44)(H,42,45). The Kier molecular flexibility index (Phi) is 12.1. The molecule has 4 aromatic rings. The van der Waals surface area contributed by atoms with E-state index in [2.05, 4.69) is 15.6 Å². The van der Waals surface area contributed by atoms with Crippen LogP contribution in [0.15, 0.2) is 66.9 Å². The predicted molar refractivity (Wildman–Crippen MR) is 191 cm³/mol.